The van der Waals surface area contributed by atoms with Crippen molar-refractivity contribution in [1.29, 1.82) is 0 Å². The Balaban J connectivity index is 1.70. The third kappa shape index (κ3) is 4.42. The Labute approximate surface area is 161 Å². The van der Waals surface area contributed by atoms with Crippen molar-refractivity contribution in [3.63, 3.8) is 0 Å². The first-order valence-electron chi connectivity index (χ1n) is 7.99. The fourth-order valence-corrected chi connectivity index (χ4v) is 4.10. The third-order valence-corrected chi connectivity index (χ3v) is 6.40. The molecule has 1 heterocycles. The van der Waals surface area contributed by atoms with E-state index in [1.807, 2.05) is 17.5 Å². The van der Waals surface area contributed by atoms with E-state index < -0.39 is 10.0 Å². The molecule has 27 heavy (non-hydrogen) atoms. The Morgan fingerprint density at radius 3 is 2.37 bits per heavy atom. The van der Waals surface area contributed by atoms with Crippen molar-refractivity contribution in [1.82, 2.24) is 5.43 Å². The van der Waals surface area contributed by atoms with Crippen LogP contribution in [0.2, 0.25) is 0 Å². The first-order chi connectivity index (χ1) is 13.0. The van der Waals surface area contributed by atoms with Crippen LogP contribution < -0.4 is 9.73 Å². The topological polar surface area (TPSA) is 78.8 Å². The van der Waals surface area contributed by atoms with Crippen molar-refractivity contribution in [2.75, 3.05) is 11.4 Å². The molecule has 138 valence electrons. The first-order valence-corrected chi connectivity index (χ1v) is 10.3. The van der Waals surface area contributed by atoms with Crippen LogP contribution in [-0.4, -0.2) is 27.6 Å². The minimum Gasteiger partial charge on any atom is -0.269 e. The molecule has 3 aromatic rings. The van der Waals surface area contributed by atoms with Gasteiger partial charge in [-0.3, -0.25) is 9.10 Å². The highest BCUT2D eigenvalue weighted by Gasteiger charge is 2.21. The second-order valence-corrected chi connectivity index (χ2v) is 8.50. The van der Waals surface area contributed by atoms with Crippen LogP contribution in [0.4, 0.5) is 5.69 Å². The Hall–Kier alpha value is -2.97. The average Bonchev–Trinajstić information content (AvgIpc) is 3.21. The summed E-state index contributed by atoms with van der Waals surface area (Å²) in [6.45, 7) is 0. The van der Waals surface area contributed by atoms with Crippen LogP contribution in [0.5, 0.6) is 0 Å². The number of hydrogen-bond donors (Lipinski definition) is 1. The van der Waals surface area contributed by atoms with E-state index in [1.54, 1.807) is 60.8 Å². The Morgan fingerprint density at radius 2 is 1.74 bits per heavy atom. The second kappa shape index (κ2) is 8.15. The first kappa shape index (κ1) is 18.8. The van der Waals surface area contributed by atoms with E-state index in [-0.39, 0.29) is 10.8 Å². The summed E-state index contributed by atoms with van der Waals surface area (Å²) in [4.78, 5) is 13.3. The van der Waals surface area contributed by atoms with Gasteiger partial charge >= 0.3 is 0 Å². The highest BCUT2D eigenvalue weighted by molar-refractivity contribution is 7.92. The monoisotopic (exact) mass is 399 g/mol. The van der Waals surface area contributed by atoms with Gasteiger partial charge in [-0.2, -0.15) is 5.10 Å². The van der Waals surface area contributed by atoms with Crippen LogP contribution in [-0.2, 0) is 10.0 Å². The summed E-state index contributed by atoms with van der Waals surface area (Å²) in [5.41, 5.74) is 3.29. The maximum atomic E-state index is 12.6. The van der Waals surface area contributed by atoms with Crippen molar-refractivity contribution >= 4 is 39.2 Å². The molecule has 1 aromatic heterocycles. The second-order valence-electron chi connectivity index (χ2n) is 5.55. The van der Waals surface area contributed by atoms with Gasteiger partial charge in [-0.15, -0.1) is 11.3 Å². The molecule has 0 fully saturated rings. The maximum absolute atomic E-state index is 12.6. The molecule has 0 unspecified atom stereocenters. The molecule has 0 atom stereocenters. The van der Waals surface area contributed by atoms with Gasteiger partial charge in [0, 0.05) is 17.5 Å². The number of rotatable bonds is 6. The minimum atomic E-state index is -3.65. The molecule has 0 aliphatic rings. The smallest absolute Gasteiger partial charge is 0.269 e. The van der Waals surface area contributed by atoms with Crippen LogP contribution >= 0.6 is 11.3 Å². The fourth-order valence-electron chi connectivity index (χ4n) is 2.30. The lowest BCUT2D eigenvalue weighted by Crippen LogP contribution is -2.26. The number of nitrogens with zero attached hydrogens (tertiary/aromatic N) is 2. The molecule has 2 aromatic carbocycles. The quantitative estimate of drug-likeness (QED) is 0.510. The summed E-state index contributed by atoms with van der Waals surface area (Å²) in [6, 6.07) is 18.2. The van der Waals surface area contributed by atoms with Crippen LogP contribution in [0.1, 0.15) is 15.2 Å². The van der Waals surface area contributed by atoms with E-state index in [4.69, 9.17) is 0 Å². The number of sulfonamides is 1. The SMILES string of the molecule is CN(c1ccc(C(=O)N/N=C\c2cccs2)cc1)S(=O)(=O)c1ccccc1. The predicted octanol–water partition coefficient (Wildman–Crippen LogP) is 3.34. The highest BCUT2D eigenvalue weighted by atomic mass is 32.2. The number of carbonyl (C=O) groups is 1. The molecule has 8 heteroatoms. The molecular formula is C19H17N3O3S2. The highest BCUT2D eigenvalue weighted by Crippen LogP contribution is 2.22. The Kier molecular flexibility index (Phi) is 5.68. The van der Waals surface area contributed by atoms with E-state index in [0.29, 0.717) is 11.3 Å². The van der Waals surface area contributed by atoms with Gasteiger partial charge in [0.2, 0.25) is 0 Å². The molecule has 0 saturated heterocycles. The Morgan fingerprint density at radius 1 is 1.04 bits per heavy atom. The van der Waals surface area contributed by atoms with Gasteiger partial charge < -0.3 is 0 Å². The number of amides is 1. The predicted molar refractivity (Wildman–Crippen MR) is 108 cm³/mol. The van der Waals surface area contributed by atoms with Gasteiger partial charge in [0.1, 0.15) is 0 Å². The van der Waals surface area contributed by atoms with E-state index in [1.165, 1.54) is 22.7 Å². The van der Waals surface area contributed by atoms with E-state index in [0.717, 1.165) is 4.88 Å². The molecule has 6 nitrogen and oxygen atoms in total. The van der Waals surface area contributed by atoms with Crippen LogP contribution in [0.25, 0.3) is 0 Å². The summed E-state index contributed by atoms with van der Waals surface area (Å²) in [5, 5.41) is 5.82. The van der Waals surface area contributed by atoms with E-state index in [2.05, 4.69) is 10.5 Å². The number of nitrogens with one attached hydrogen (secondary N) is 1. The third-order valence-electron chi connectivity index (χ3n) is 3.80. The Bertz CT molecular complexity index is 1030. The zero-order chi connectivity index (χ0) is 19.3. The molecule has 0 saturated carbocycles. The molecule has 0 aliphatic carbocycles. The van der Waals surface area contributed by atoms with Crippen LogP contribution in [0, 0.1) is 0 Å². The maximum Gasteiger partial charge on any atom is 0.271 e. The zero-order valence-corrected chi connectivity index (χ0v) is 16.1. The summed E-state index contributed by atoms with van der Waals surface area (Å²) < 4.78 is 26.4. The van der Waals surface area contributed by atoms with Gasteiger partial charge in [0.05, 0.1) is 16.8 Å². The number of carbonyl (C=O) groups excluding carboxylic acids is 1. The summed E-state index contributed by atoms with van der Waals surface area (Å²) in [5.74, 6) is -0.372. The fraction of sp³-hybridized carbons (Fsp3) is 0.0526. The summed E-state index contributed by atoms with van der Waals surface area (Å²) in [6.07, 6.45) is 1.57. The van der Waals surface area contributed by atoms with Crippen LogP contribution in [0.15, 0.2) is 82.1 Å². The number of benzene rings is 2. The van der Waals surface area contributed by atoms with Crippen molar-refractivity contribution in [3.8, 4) is 0 Å². The van der Waals surface area contributed by atoms with Gasteiger partial charge in [0.15, 0.2) is 0 Å². The lowest BCUT2D eigenvalue weighted by Gasteiger charge is -2.19. The average molecular weight is 399 g/mol. The standard InChI is InChI=1S/C19H17N3O3S2/c1-22(27(24,25)18-7-3-2-4-8-18)16-11-9-15(10-12-16)19(23)21-20-14-17-6-5-13-26-17/h2-14H,1H3,(H,21,23)/b20-14-. The normalized spacial score (nSPS) is 11.4. The van der Waals surface area contributed by atoms with Gasteiger partial charge in [-0.05, 0) is 47.8 Å². The lowest BCUT2D eigenvalue weighted by molar-refractivity contribution is 0.0955. The van der Waals surface area contributed by atoms with Gasteiger partial charge in [-0.1, -0.05) is 24.3 Å². The number of hydrogen-bond acceptors (Lipinski definition) is 5. The number of anilines is 1. The van der Waals surface area contributed by atoms with Crippen molar-refractivity contribution in [2.24, 2.45) is 5.10 Å². The minimum absolute atomic E-state index is 0.206. The number of thiophene rings is 1. The van der Waals surface area contributed by atoms with E-state index >= 15 is 0 Å². The van der Waals surface area contributed by atoms with Gasteiger partial charge in [0.25, 0.3) is 15.9 Å². The summed E-state index contributed by atoms with van der Waals surface area (Å²) >= 11 is 1.51. The largest absolute Gasteiger partial charge is 0.271 e. The molecule has 1 amide bonds. The zero-order valence-electron chi connectivity index (χ0n) is 14.4. The molecule has 0 aliphatic heterocycles. The van der Waals surface area contributed by atoms with Crippen molar-refractivity contribution in [3.05, 3.63) is 82.6 Å². The molecule has 1 N–H and O–H groups in total. The summed E-state index contributed by atoms with van der Waals surface area (Å²) in [7, 11) is -2.18. The molecular weight excluding hydrogens is 382 g/mol. The van der Waals surface area contributed by atoms with Crippen molar-refractivity contribution in [2.45, 2.75) is 4.90 Å². The van der Waals surface area contributed by atoms with E-state index in [9.17, 15) is 13.2 Å². The van der Waals surface area contributed by atoms with Crippen molar-refractivity contribution < 1.29 is 13.2 Å². The lowest BCUT2D eigenvalue weighted by atomic mass is 10.2. The molecule has 0 radical (unpaired) electrons. The molecule has 0 bridgehead atoms. The van der Waals surface area contributed by atoms with Crippen LogP contribution in [0.3, 0.4) is 0 Å². The molecule has 0 spiro atoms. The molecule has 3 rings (SSSR count). The van der Waals surface area contributed by atoms with Gasteiger partial charge in [-0.25, -0.2) is 13.8 Å². The number of hydrazone groups is 1.